The minimum atomic E-state index is -4.69. The van der Waals surface area contributed by atoms with Gasteiger partial charge in [-0.3, -0.25) is 14.7 Å². The van der Waals surface area contributed by atoms with Crippen LogP contribution in [0.4, 0.5) is 24.8 Å². The summed E-state index contributed by atoms with van der Waals surface area (Å²) in [4.78, 5) is 21.1. The van der Waals surface area contributed by atoms with E-state index >= 15 is 0 Å². The molecule has 0 unspecified atom stereocenters. The van der Waals surface area contributed by atoms with Crippen molar-refractivity contribution in [1.82, 2.24) is 9.97 Å². The van der Waals surface area contributed by atoms with Crippen molar-refractivity contribution in [3.8, 4) is 0 Å². The molecule has 0 saturated heterocycles. The van der Waals surface area contributed by atoms with Crippen molar-refractivity contribution in [2.45, 2.75) is 24.5 Å². The normalized spacial score (nSPS) is 14.4. The number of sulfone groups is 1. The quantitative estimate of drug-likeness (QED) is 0.848. The van der Waals surface area contributed by atoms with Crippen LogP contribution in [0.2, 0.25) is 0 Å². The van der Waals surface area contributed by atoms with Gasteiger partial charge in [0.2, 0.25) is 0 Å². The van der Waals surface area contributed by atoms with Crippen molar-refractivity contribution in [3.05, 3.63) is 41.2 Å². The molecule has 27 heavy (non-hydrogen) atoms. The second-order valence-electron chi connectivity index (χ2n) is 5.79. The van der Waals surface area contributed by atoms with Crippen LogP contribution in [0.25, 0.3) is 0 Å². The third kappa shape index (κ3) is 3.34. The number of aromatic nitrogens is 2. The van der Waals surface area contributed by atoms with Gasteiger partial charge in [-0.1, -0.05) is 6.92 Å². The highest BCUT2D eigenvalue weighted by molar-refractivity contribution is 7.91. The number of hydrogen-bond donors (Lipinski definition) is 1. The molecule has 0 aromatic carbocycles. The van der Waals surface area contributed by atoms with Crippen LogP contribution in [-0.4, -0.2) is 37.1 Å². The summed E-state index contributed by atoms with van der Waals surface area (Å²) in [5, 5.41) is 2.75. The number of halogens is 3. The maximum absolute atomic E-state index is 12.9. The molecule has 0 saturated carbocycles. The van der Waals surface area contributed by atoms with Gasteiger partial charge in [-0.2, -0.15) is 13.2 Å². The summed E-state index contributed by atoms with van der Waals surface area (Å²) in [5.41, 5.74) is -1.09. The highest BCUT2D eigenvalue weighted by Gasteiger charge is 2.38. The first-order chi connectivity index (χ1) is 12.6. The molecule has 144 valence electrons. The van der Waals surface area contributed by atoms with Crippen LogP contribution in [-0.2, 0) is 22.6 Å². The fraction of sp³-hybridized carbons (Fsp3) is 0.312. The van der Waals surface area contributed by atoms with E-state index in [-0.39, 0.29) is 34.1 Å². The molecule has 1 amide bonds. The molecule has 3 heterocycles. The first kappa shape index (κ1) is 19.1. The summed E-state index contributed by atoms with van der Waals surface area (Å²) < 4.78 is 63.4. The van der Waals surface area contributed by atoms with Gasteiger partial charge in [0.15, 0.2) is 15.7 Å². The van der Waals surface area contributed by atoms with Gasteiger partial charge in [-0.15, -0.1) is 0 Å². The van der Waals surface area contributed by atoms with Crippen LogP contribution in [0.3, 0.4) is 0 Å². The molecule has 0 bridgehead atoms. The Morgan fingerprint density at radius 3 is 2.59 bits per heavy atom. The monoisotopic (exact) mass is 400 g/mol. The lowest BCUT2D eigenvalue weighted by Crippen LogP contribution is -2.27. The molecule has 7 nitrogen and oxygen atoms in total. The van der Waals surface area contributed by atoms with Gasteiger partial charge in [0, 0.05) is 24.4 Å². The first-order valence-electron chi connectivity index (χ1n) is 7.88. The number of nitrogens with one attached hydrogen (secondary N) is 1. The summed E-state index contributed by atoms with van der Waals surface area (Å²) in [6.07, 6.45) is -3.71. The molecule has 2 aromatic rings. The molecule has 1 N–H and O–H groups in total. The molecule has 0 aliphatic carbocycles. The number of rotatable bonds is 4. The van der Waals surface area contributed by atoms with Gasteiger partial charge in [-0.05, 0) is 18.2 Å². The van der Waals surface area contributed by atoms with Crippen molar-refractivity contribution in [2.24, 2.45) is 0 Å². The Kier molecular flexibility index (Phi) is 4.58. The number of pyridine rings is 2. The summed E-state index contributed by atoms with van der Waals surface area (Å²) in [6, 6.07) is 3.44. The summed E-state index contributed by atoms with van der Waals surface area (Å²) >= 11 is 0. The fourth-order valence-corrected chi connectivity index (χ4v) is 3.71. The number of anilines is 2. The average molecular weight is 400 g/mol. The first-order valence-corrected chi connectivity index (χ1v) is 9.53. The van der Waals surface area contributed by atoms with Gasteiger partial charge >= 0.3 is 6.18 Å². The Morgan fingerprint density at radius 1 is 1.30 bits per heavy atom. The van der Waals surface area contributed by atoms with Crippen LogP contribution in [0.1, 0.15) is 28.5 Å². The van der Waals surface area contributed by atoms with Crippen molar-refractivity contribution in [1.29, 1.82) is 0 Å². The molecule has 0 spiro atoms. The van der Waals surface area contributed by atoms with E-state index in [1.807, 2.05) is 0 Å². The standard InChI is InChI=1S/C16H15F3N4O3S/c1-3-27(25,26)11-4-5-13(20-2)22-14(11)23-8-9-7-21-12(16(17,18)19)6-10(9)15(23)24/h4-7H,3,8H2,1-2H3,(H,20,22). The van der Waals surface area contributed by atoms with E-state index < -0.39 is 27.6 Å². The van der Waals surface area contributed by atoms with Crippen molar-refractivity contribution < 1.29 is 26.4 Å². The number of carbonyl (C=O) groups is 1. The van der Waals surface area contributed by atoms with E-state index in [2.05, 4.69) is 15.3 Å². The van der Waals surface area contributed by atoms with Crippen molar-refractivity contribution in [3.63, 3.8) is 0 Å². The van der Waals surface area contributed by atoms with E-state index in [1.54, 1.807) is 7.05 Å². The molecular formula is C16H15F3N4O3S. The van der Waals surface area contributed by atoms with Crippen molar-refractivity contribution >= 4 is 27.4 Å². The Bertz CT molecular complexity index is 1020. The third-order valence-corrected chi connectivity index (χ3v) is 5.90. The van der Waals surface area contributed by atoms with Gasteiger partial charge in [-0.25, -0.2) is 13.4 Å². The third-order valence-electron chi connectivity index (χ3n) is 4.15. The lowest BCUT2D eigenvalue weighted by Gasteiger charge is -2.19. The zero-order chi connectivity index (χ0) is 20.0. The largest absolute Gasteiger partial charge is 0.433 e. The molecule has 11 heteroatoms. The van der Waals surface area contributed by atoms with Gasteiger partial charge in [0.1, 0.15) is 16.4 Å². The second kappa shape index (κ2) is 6.48. The fourth-order valence-electron chi connectivity index (χ4n) is 2.69. The van der Waals surface area contributed by atoms with E-state index in [0.29, 0.717) is 11.9 Å². The number of hydrogen-bond acceptors (Lipinski definition) is 6. The average Bonchev–Trinajstić information content (AvgIpc) is 2.96. The Morgan fingerprint density at radius 2 is 2.00 bits per heavy atom. The smallest absolute Gasteiger partial charge is 0.373 e. The van der Waals surface area contributed by atoms with Gasteiger partial charge in [0.05, 0.1) is 12.3 Å². The summed E-state index contributed by atoms with van der Waals surface area (Å²) in [7, 11) is -2.14. The lowest BCUT2D eigenvalue weighted by molar-refractivity contribution is -0.141. The topological polar surface area (TPSA) is 92.3 Å². The Labute approximate surface area is 153 Å². The van der Waals surface area contributed by atoms with E-state index in [1.165, 1.54) is 19.1 Å². The predicted octanol–water partition coefficient (Wildman–Crippen LogP) is 2.49. The number of carbonyl (C=O) groups excluding carboxylic acids is 1. The maximum atomic E-state index is 12.9. The second-order valence-corrected chi connectivity index (χ2v) is 8.03. The van der Waals surface area contributed by atoms with Crippen LogP contribution >= 0.6 is 0 Å². The number of amides is 1. The lowest BCUT2D eigenvalue weighted by atomic mass is 10.1. The predicted molar refractivity (Wildman–Crippen MR) is 91.3 cm³/mol. The molecule has 0 atom stereocenters. The SMILES string of the molecule is CCS(=O)(=O)c1ccc(NC)nc1N1Cc2cnc(C(F)(F)F)cc2C1=O. The summed E-state index contributed by atoms with van der Waals surface area (Å²) in [6.45, 7) is 1.33. The molecule has 0 fully saturated rings. The molecule has 1 aliphatic rings. The van der Waals surface area contributed by atoms with Crippen LogP contribution in [0.5, 0.6) is 0 Å². The molecule has 1 aliphatic heterocycles. The minimum Gasteiger partial charge on any atom is -0.373 e. The summed E-state index contributed by atoms with van der Waals surface area (Å²) in [5.74, 6) is -0.780. The molecule has 2 aromatic heterocycles. The number of nitrogens with zero attached hydrogens (tertiary/aromatic N) is 3. The highest BCUT2D eigenvalue weighted by atomic mass is 32.2. The van der Waals surface area contributed by atoms with Gasteiger partial charge < -0.3 is 5.32 Å². The Hall–Kier alpha value is -2.69. The zero-order valence-corrected chi connectivity index (χ0v) is 15.1. The Balaban J connectivity index is 2.12. The molecular weight excluding hydrogens is 385 g/mol. The molecule has 0 radical (unpaired) electrons. The zero-order valence-electron chi connectivity index (χ0n) is 14.3. The van der Waals surface area contributed by atoms with Crippen LogP contribution in [0, 0.1) is 0 Å². The minimum absolute atomic E-state index is 0.119. The van der Waals surface area contributed by atoms with Crippen LogP contribution < -0.4 is 10.2 Å². The van der Waals surface area contributed by atoms with E-state index in [9.17, 15) is 26.4 Å². The van der Waals surface area contributed by atoms with Gasteiger partial charge in [0.25, 0.3) is 5.91 Å². The van der Waals surface area contributed by atoms with E-state index in [4.69, 9.17) is 0 Å². The van der Waals surface area contributed by atoms with E-state index in [0.717, 1.165) is 11.1 Å². The number of alkyl halides is 3. The maximum Gasteiger partial charge on any atom is 0.433 e. The molecule has 3 rings (SSSR count). The van der Waals surface area contributed by atoms with Crippen LogP contribution in [0.15, 0.2) is 29.3 Å². The van der Waals surface area contributed by atoms with Crippen molar-refractivity contribution in [2.75, 3.05) is 23.0 Å². The highest BCUT2D eigenvalue weighted by Crippen LogP contribution is 2.35. The number of fused-ring (bicyclic) bond motifs is 1.